The Hall–Kier alpha value is -4.27. The molecule has 222 valence electrons. The maximum Gasteiger partial charge on any atom is 0.258 e. The van der Waals surface area contributed by atoms with E-state index in [0.29, 0.717) is 16.8 Å². The summed E-state index contributed by atoms with van der Waals surface area (Å²) in [7, 11) is 0. The first-order valence-electron chi connectivity index (χ1n) is 14.1. The number of phenolic OH excluding ortho intramolecular Hbond substituents is 1. The van der Waals surface area contributed by atoms with Crippen molar-refractivity contribution in [3.63, 3.8) is 0 Å². The second-order valence-corrected chi connectivity index (χ2v) is 12.9. The predicted molar refractivity (Wildman–Crippen MR) is 164 cm³/mol. The van der Waals surface area contributed by atoms with Crippen LogP contribution in [-0.4, -0.2) is 38.5 Å². The molecule has 44 heavy (non-hydrogen) atoms. The lowest BCUT2D eigenvalue weighted by molar-refractivity contribution is -0.125. The molecule has 7 rings (SSSR count). The fourth-order valence-corrected chi connectivity index (χ4v) is 8.39. The lowest BCUT2D eigenvalue weighted by Crippen LogP contribution is -2.60. The largest absolute Gasteiger partial charge is 0.508 e. The van der Waals surface area contributed by atoms with Crippen LogP contribution in [0.4, 0.5) is 15.8 Å². The van der Waals surface area contributed by atoms with Crippen molar-refractivity contribution >= 4 is 64.3 Å². The summed E-state index contributed by atoms with van der Waals surface area (Å²) in [4.78, 5) is 54.4. The number of nitrogens with zero attached hydrogens (tertiary/aromatic N) is 2. The van der Waals surface area contributed by atoms with Gasteiger partial charge in [0.1, 0.15) is 11.6 Å². The van der Waals surface area contributed by atoms with Gasteiger partial charge >= 0.3 is 0 Å². The van der Waals surface area contributed by atoms with E-state index >= 15 is 0 Å². The summed E-state index contributed by atoms with van der Waals surface area (Å²) in [6.07, 6.45) is 3.55. The minimum absolute atomic E-state index is 0.0176. The third kappa shape index (κ3) is 3.74. The van der Waals surface area contributed by atoms with E-state index in [1.807, 2.05) is 6.08 Å². The molecule has 4 aliphatic rings. The van der Waals surface area contributed by atoms with Crippen molar-refractivity contribution in [2.45, 2.75) is 28.5 Å². The van der Waals surface area contributed by atoms with Gasteiger partial charge in [-0.2, -0.15) is 0 Å². The van der Waals surface area contributed by atoms with Gasteiger partial charge in [-0.05, 0) is 78.4 Å². The number of halogens is 3. The van der Waals surface area contributed by atoms with Gasteiger partial charge in [-0.1, -0.05) is 48.6 Å². The Morgan fingerprint density at radius 2 is 1.43 bits per heavy atom. The first-order valence-corrected chi connectivity index (χ1v) is 14.9. The average Bonchev–Trinajstić information content (AvgIpc) is 3.36. The Balaban J connectivity index is 1.37. The number of imide groups is 2. The quantitative estimate of drug-likeness (QED) is 0.219. The molecule has 0 spiro atoms. The maximum atomic E-state index is 14.3. The number of aromatic hydroxyl groups is 1. The number of hydrogen-bond acceptors (Lipinski definition) is 5. The highest BCUT2D eigenvalue weighted by atomic mass is 35.5. The molecule has 3 fully saturated rings. The van der Waals surface area contributed by atoms with Crippen molar-refractivity contribution in [1.29, 1.82) is 0 Å². The molecule has 0 radical (unpaired) electrons. The van der Waals surface area contributed by atoms with Crippen molar-refractivity contribution in [2.24, 2.45) is 17.8 Å². The number of phenols is 1. The van der Waals surface area contributed by atoms with Crippen molar-refractivity contribution in [3.05, 3.63) is 108 Å². The molecule has 2 saturated heterocycles. The van der Waals surface area contributed by atoms with E-state index in [1.165, 1.54) is 29.2 Å². The number of carbonyl (C=O) groups is 4. The summed E-state index contributed by atoms with van der Waals surface area (Å²) in [5.41, 5.74) is 2.50. The Kier molecular flexibility index (Phi) is 6.39. The molecule has 3 aromatic rings. The standard InChI is InChI=1S/C34H25Cl2FN2O5/c1-2-18-3-9-21(10-4-18)38-29(41)25-16-15-24-26(27(25)30(38)42)17-33(35)31(43)39(22-11-7-20(37)8-12-22)32(44)34(33,36)28(24)19-5-13-23(40)14-6-19/h2-15,25-28,40H,1,16-17H2. The minimum atomic E-state index is -2.03. The highest BCUT2D eigenvalue weighted by Gasteiger charge is 2.76. The molecule has 6 unspecified atom stereocenters. The topological polar surface area (TPSA) is 95.0 Å². The van der Waals surface area contributed by atoms with E-state index in [9.17, 15) is 28.7 Å². The lowest BCUT2D eigenvalue weighted by Gasteiger charge is -2.50. The van der Waals surface area contributed by atoms with Crippen LogP contribution in [-0.2, 0) is 19.2 Å². The zero-order chi connectivity index (χ0) is 31.1. The minimum Gasteiger partial charge on any atom is -0.508 e. The van der Waals surface area contributed by atoms with Gasteiger partial charge in [0, 0.05) is 5.92 Å². The van der Waals surface area contributed by atoms with Crippen LogP contribution in [0.1, 0.15) is 29.9 Å². The van der Waals surface area contributed by atoms with Gasteiger partial charge in [0.15, 0.2) is 9.75 Å². The van der Waals surface area contributed by atoms with Gasteiger partial charge in [-0.3, -0.25) is 24.1 Å². The van der Waals surface area contributed by atoms with E-state index in [2.05, 4.69) is 6.58 Å². The Labute approximate surface area is 262 Å². The number of fused-ring (bicyclic) bond motifs is 4. The molecular weight excluding hydrogens is 606 g/mol. The summed E-state index contributed by atoms with van der Waals surface area (Å²) < 4.78 is 13.8. The van der Waals surface area contributed by atoms with Crippen LogP contribution < -0.4 is 9.80 Å². The highest BCUT2D eigenvalue weighted by Crippen LogP contribution is 2.65. The maximum absolute atomic E-state index is 14.3. The number of alkyl halides is 2. The summed E-state index contributed by atoms with van der Waals surface area (Å²) in [5.74, 6) is -6.12. The van der Waals surface area contributed by atoms with Crippen LogP contribution in [0.5, 0.6) is 5.75 Å². The molecule has 6 atom stereocenters. The summed E-state index contributed by atoms with van der Waals surface area (Å²) >= 11 is 14.6. The van der Waals surface area contributed by atoms with Crippen molar-refractivity contribution < 1.29 is 28.7 Å². The molecule has 4 amide bonds. The lowest BCUT2D eigenvalue weighted by atomic mass is 9.56. The fraction of sp³-hybridized carbons (Fsp3) is 0.235. The van der Waals surface area contributed by atoms with Crippen LogP contribution in [0, 0.1) is 23.6 Å². The van der Waals surface area contributed by atoms with Crippen LogP contribution in [0.3, 0.4) is 0 Å². The Bertz CT molecular complexity index is 1790. The molecule has 7 nitrogen and oxygen atoms in total. The Morgan fingerprint density at radius 1 is 0.818 bits per heavy atom. The molecule has 10 heteroatoms. The number of carbonyl (C=O) groups excluding carboxylic acids is 4. The zero-order valence-electron chi connectivity index (χ0n) is 23.1. The SMILES string of the molecule is C=Cc1ccc(N2C(=O)C3CC=C4C(CC5(Cl)C(=O)N(c6ccc(F)cc6)C(=O)C5(Cl)C4c4ccc(O)cc4)C3C2=O)cc1. The summed E-state index contributed by atoms with van der Waals surface area (Å²) in [6.45, 7) is 3.74. The van der Waals surface area contributed by atoms with E-state index in [-0.39, 0.29) is 30.2 Å². The van der Waals surface area contributed by atoms with Gasteiger partial charge in [0.05, 0.1) is 23.2 Å². The second kappa shape index (κ2) is 9.87. The number of anilines is 2. The molecule has 3 aromatic carbocycles. The van der Waals surface area contributed by atoms with E-state index in [1.54, 1.807) is 42.5 Å². The normalized spacial score (nSPS) is 31.0. The van der Waals surface area contributed by atoms with Gasteiger partial charge in [0.2, 0.25) is 11.8 Å². The van der Waals surface area contributed by atoms with Crippen molar-refractivity contribution in [2.75, 3.05) is 9.80 Å². The number of benzene rings is 3. The number of allylic oxidation sites excluding steroid dienone is 2. The van der Waals surface area contributed by atoms with Crippen LogP contribution in [0.2, 0.25) is 0 Å². The summed E-state index contributed by atoms with van der Waals surface area (Å²) in [6, 6.07) is 17.8. The molecule has 1 saturated carbocycles. The average molecular weight is 631 g/mol. The zero-order valence-corrected chi connectivity index (χ0v) is 24.6. The highest BCUT2D eigenvalue weighted by molar-refractivity contribution is 6.58. The van der Waals surface area contributed by atoms with Crippen molar-refractivity contribution in [3.8, 4) is 5.75 Å². The third-order valence-corrected chi connectivity index (χ3v) is 10.9. The van der Waals surface area contributed by atoms with Crippen LogP contribution in [0.25, 0.3) is 6.08 Å². The molecular formula is C34H25Cl2FN2O5. The van der Waals surface area contributed by atoms with Gasteiger partial charge < -0.3 is 5.11 Å². The number of amides is 4. The van der Waals surface area contributed by atoms with E-state index < -0.39 is 57.0 Å². The number of hydrogen-bond donors (Lipinski definition) is 1. The first-order chi connectivity index (χ1) is 21.0. The summed E-state index contributed by atoms with van der Waals surface area (Å²) in [5, 5.41) is 10.0. The van der Waals surface area contributed by atoms with E-state index in [4.69, 9.17) is 23.2 Å². The smallest absolute Gasteiger partial charge is 0.258 e. The van der Waals surface area contributed by atoms with Gasteiger partial charge in [-0.15, -0.1) is 23.2 Å². The Morgan fingerprint density at radius 3 is 2.07 bits per heavy atom. The van der Waals surface area contributed by atoms with Gasteiger partial charge in [0.25, 0.3) is 11.8 Å². The van der Waals surface area contributed by atoms with Crippen LogP contribution >= 0.6 is 23.2 Å². The molecule has 0 bridgehead atoms. The number of rotatable bonds is 4. The first kappa shape index (κ1) is 28.5. The monoisotopic (exact) mass is 630 g/mol. The predicted octanol–water partition coefficient (Wildman–Crippen LogP) is 5.94. The van der Waals surface area contributed by atoms with E-state index in [0.717, 1.165) is 22.6 Å². The fourth-order valence-electron chi connectivity index (χ4n) is 7.45. The second-order valence-electron chi connectivity index (χ2n) is 11.6. The molecule has 0 aromatic heterocycles. The third-order valence-electron chi connectivity index (χ3n) is 9.51. The molecule has 2 heterocycles. The molecule has 2 aliphatic carbocycles. The van der Waals surface area contributed by atoms with Crippen LogP contribution in [0.15, 0.2) is 91.0 Å². The molecule has 1 N–H and O–H groups in total. The van der Waals surface area contributed by atoms with Gasteiger partial charge in [-0.25, -0.2) is 9.29 Å². The molecule has 2 aliphatic heterocycles. The van der Waals surface area contributed by atoms with Crippen molar-refractivity contribution in [1.82, 2.24) is 0 Å².